The summed E-state index contributed by atoms with van der Waals surface area (Å²) in [6.07, 6.45) is 4.58. The van der Waals surface area contributed by atoms with Gasteiger partial charge in [-0.25, -0.2) is 9.97 Å². The number of pyridine rings is 2. The van der Waals surface area contributed by atoms with Crippen LogP contribution in [0.1, 0.15) is 137 Å². The molecular formula is C86H82B2N6. The second kappa shape index (κ2) is 20.6. The largest absolute Gasteiger partial charge is 0.311 e. The Kier molecular flexibility index (Phi) is 12.8. The molecule has 462 valence electrons. The number of rotatable bonds is 6. The van der Waals surface area contributed by atoms with Crippen LogP contribution in [0.4, 0.5) is 68.5 Å². The van der Waals surface area contributed by atoms with Crippen LogP contribution in [0.5, 0.6) is 0 Å². The van der Waals surface area contributed by atoms with Gasteiger partial charge in [-0.1, -0.05) is 182 Å². The van der Waals surface area contributed by atoms with Gasteiger partial charge in [0.1, 0.15) is 11.6 Å². The zero-order chi connectivity index (χ0) is 64.8. The maximum Gasteiger partial charge on any atom is 0.254 e. The number of anilines is 12. The van der Waals surface area contributed by atoms with Crippen molar-refractivity contribution in [1.82, 2.24) is 9.97 Å². The normalized spacial score (nSPS) is 16.9. The Morgan fingerprint density at radius 2 is 0.649 bits per heavy atom. The summed E-state index contributed by atoms with van der Waals surface area (Å²) in [7, 11) is 0. The molecule has 6 nitrogen and oxygen atoms in total. The molecule has 0 N–H and O–H groups in total. The number of aromatic nitrogens is 2. The predicted octanol–water partition coefficient (Wildman–Crippen LogP) is 18.5. The molecule has 0 atom stereocenters. The van der Waals surface area contributed by atoms with Crippen LogP contribution >= 0.6 is 0 Å². The van der Waals surface area contributed by atoms with Gasteiger partial charge < -0.3 is 9.80 Å². The molecule has 0 unspecified atom stereocenters. The molecule has 11 aromatic rings. The highest BCUT2D eigenvalue weighted by atomic mass is 15.3. The summed E-state index contributed by atoms with van der Waals surface area (Å²) in [6, 6.07) is 75.0. The molecule has 0 fully saturated rings. The topological polar surface area (TPSA) is 38.7 Å². The molecule has 6 aliphatic rings. The van der Waals surface area contributed by atoms with E-state index in [0.29, 0.717) is 0 Å². The van der Waals surface area contributed by atoms with E-state index in [9.17, 15) is 0 Å². The number of fused-ring (bicyclic) bond motifs is 10. The molecule has 17 rings (SSSR count). The van der Waals surface area contributed by atoms with Gasteiger partial charge in [-0.3, -0.25) is 9.80 Å². The van der Waals surface area contributed by atoms with Crippen LogP contribution in [-0.2, 0) is 21.7 Å². The molecule has 2 aromatic heterocycles. The van der Waals surface area contributed by atoms with Gasteiger partial charge in [0.05, 0.1) is 11.4 Å². The van der Waals surface area contributed by atoms with E-state index in [2.05, 4.69) is 311 Å². The van der Waals surface area contributed by atoms with Crippen molar-refractivity contribution in [3.8, 4) is 22.5 Å². The first-order valence-corrected chi connectivity index (χ1v) is 34.3. The lowest BCUT2D eigenvalue weighted by Gasteiger charge is -2.47. The third-order valence-electron chi connectivity index (χ3n) is 22.9. The molecular weight excluding hydrogens is 1140 g/mol. The number of nitrogens with zero attached hydrogens (tertiary/aromatic N) is 6. The quantitative estimate of drug-likeness (QED) is 0.155. The van der Waals surface area contributed by atoms with E-state index >= 15 is 0 Å². The van der Waals surface area contributed by atoms with Crippen LogP contribution in [0.15, 0.2) is 194 Å². The third-order valence-corrected chi connectivity index (χ3v) is 22.9. The summed E-state index contributed by atoms with van der Waals surface area (Å²) in [5.41, 5.74) is 36.4. The minimum atomic E-state index is -0.190. The fourth-order valence-electron chi connectivity index (χ4n) is 18.2. The van der Waals surface area contributed by atoms with E-state index in [1.54, 1.807) is 0 Å². The minimum absolute atomic E-state index is 0.00494. The maximum absolute atomic E-state index is 6.12. The Bertz CT molecular complexity index is 4680. The smallest absolute Gasteiger partial charge is 0.254 e. The molecule has 0 bridgehead atoms. The summed E-state index contributed by atoms with van der Waals surface area (Å²) in [4.78, 5) is 22.5. The predicted molar refractivity (Wildman–Crippen MR) is 400 cm³/mol. The summed E-state index contributed by atoms with van der Waals surface area (Å²) in [6.45, 7) is 32.7. The molecule has 9 aromatic carbocycles. The number of benzene rings is 9. The van der Waals surface area contributed by atoms with Crippen LogP contribution in [0, 0.1) is 41.5 Å². The van der Waals surface area contributed by atoms with Crippen molar-refractivity contribution in [2.45, 2.75) is 144 Å². The molecule has 0 radical (unpaired) electrons. The van der Waals surface area contributed by atoms with Gasteiger partial charge in [0.2, 0.25) is 0 Å². The van der Waals surface area contributed by atoms with E-state index in [4.69, 9.17) is 9.97 Å². The summed E-state index contributed by atoms with van der Waals surface area (Å²) < 4.78 is 0. The lowest BCUT2D eigenvalue weighted by molar-refractivity contribution is 0.332. The Morgan fingerprint density at radius 3 is 1.03 bits per heavy atom. The molecule has 0 saturated carbocycles. The highest BCUT2D eigenvalue weighted by molar-refractivity contribution is 7.03. The SMILES string of the molecule is Cc1cc(C)c(-c2cc3c4c(n2)N(c2ccccc2)c2cc5c(cc2B4c2ccccc2N3c2ccc3c(c2)C(C)(C)CCC3(C)C)B2c3ccccc3N(c3ccc4c(c3)C(C)(C)CCC4(C)C)c3cc(-c4c(C)cc(C)cc4C)nc(c32)N5c2ccccc2)c(C)c1. The number of hydrogen-bond acceptors (Lipinski definition) is 6. The molecule has 0 amide bonds. The highest BCUT2D eigenvalue weighted by Gasteiger charge is 2.51. The monoisotopic (exact) mass is 1220 g/mol. The van der Waals surface area contributed by atoms with Crippen LogP contribution in [-0.4, -0.2) is 23.4 Å². The van der Waals surface area contributed by atoms with Crippen molar-refractivity contribution >= 4 is 115 Å². The molecule has 8 heteroatoms. The zero-order valence-electron chi connectivity index (χ0n) is 57.1. The van der Waals surface area contributed by atoms with Gasteiger partial charge in [-0.2, -0.15) is 0 Å². The van der Waals surface area contributed by atoms with Crippen molar-refractivity contribution in [3.05, 3.63) is 250 Å². The lowest BCUT2D eigenvalue weighted by Crippen LogP contribution is -2.65. The third kappa shape index (κ3) is 8.62. The summed E-state index contributed by atoms with van der Waals surface area (Å²) in [5, 5.41) is 0. The van der Waals surface area contributed by atoms with Crippen molar-refractivity contribution < 1.29 is 0 Å². The van der Waals surface area contributed by atoms with Crippen LogP contribution in [0.3, 0.4) is 0 Å². The molecule has 0 spiro atoms. The van der Waals surface area contributed by atoms with E-state index < -0.39 is 0 Å². The van der Waals surface area contributed by atoms with E-state index in [0.717, 1.165) is 82.8 Å². The average molecular weight is 1220 g/mol. The first kappa shape index (κ1) is 58.4. The van der Waals surface area contributed by atoms with Crippen LogP contribution < -0.4 is 52.4 Å². The van der Waals surface area contributed by atoms with Crippen molar-refractivity contribution in [1.29, 1.82) is 0 Å². The van der Waals surface area contributed by atoms with Crippen molar-refractivity contribution in [2.24, 2.45) is 0 Å². The van der Waals surface area contributed by atoms with E-state index in [1.165, 1.54) is 122 Å². The van der Waals surface area contributed by atoms with Gasteiger partial charge in [0.15, 0.2) is 0 Å². The van der Waals surface area contributed by atoms with E-state index in [-0.39, 0.29) is 35.1 Å². The van der Waals surface area contributed by atoms with Crippen molar-refractivity contribution in [3.63, 3.8) is 0 Å². The van der Waals surface area contributed by atoms with Crippen LogP contribution in [0.2, 0.25) is 0 Å². The van der Waals surface area contributed by atoms with Gasteiger partial charge in [-0.15, -0.1) is 0 Å². The standard InChI is InChI=1S/C86H82B2N6/c1-51-41-53(3)77(54(4)42-51)69-48-75-79-81(89-69)93(57-25-17-15-18-26-57)73-50-74-68(47-67(73)87(79)65-29-21-23-31-71(65)91(75)59-33-35-61-63(45-59)85(11,12)39-37-83(61,7)8)88-66-30-22-24-32-72(66)92(60-34-36-62-64(46-60)86(13,14)40-38-84(62,9)10)76-49-70(78-55(5)43-52(2)44-56(78)6)90-82(80(76)88)94(74)58-27-19-16-20-28-58/h15-36,41-50H,37-40H2,1-14H3. The first-order valence-electron chi connectivity index (χ1n) is 34.3. The molecule has 6 heterocycles. The Morgan fingerprint density at radius 1 is 0.298 bits per heavy atom. The fraction of sp³-hybridized carbons (Fsp3) is 0.256. The van der Waals surface area contributed by atoms with Crippen LogP contribution in [0.25, 0.3) is 22.5 Å². The van der Waals surface area contributed by atoms with Gasteiger partial charge in [0, 0.05) is 68.0 Å². The Labute approximate surface area is 557 Å². The molecule has 4 aliphatic heterocycles. The fourth-order valence-corrected chi connectivity index (χ4v) is 18.2. The Hall–Kier alpha value is -9.39. The number of para-hydroxylation sites is 4. The highest BCUT2D eigenvalue weighted by Crippen LogP contribution is 2.54. The maximum atomic E-state index is 6.12. The molecule has 2 aliphatic carbocycles. The Balaban J connectivity index is 0.985. The van der Waals surface area contributed by atoms with Gasteiger partial charge in [-0.05, 0) is 245 Å². The second-order valence-corrected chi connectivity index (χ2v) is 31.0. The zero-order valence-corrected chi connectivity index (χ0v) is 57.1. The van der Waals surface area contributed by atoms with Gasteiger partial charge in [0.25, 0.3) is 13.4 Å². The second-order valence-electron chi connectivity index (χ2n) is 31.0. The number of aryl methyl sites for hydroxylation is 6. The summed E-state index contributed by atoms with van der Waals surface area (Å²) >= 11 is 0. The molecule has 94 heavy (non-hydrogen) atoms. The minimum Gasteiger partial charge on any atom is -0.311 e. The summed E-state index contributed by atoms with van der Waals surface area (Å²) in [5.74, 6) is 1.89. The van der Waals surface area contributed by atoms with Crippen molar-refractivity contribution in [2.75, 3.05) is 19.6 Å². The lowest BCUT2D eigenvalue weighted by atomic mass is 9.30. The van der Waals surface area contributed by atoms with Gasteiger partial charge >= 0.3 is 0 Å². The average Bonchev–Trinajstić information content (AvgIpc) is 0.683. The molecule has 0 saturated heterocycles. The van der Waals surface area contributed by atoms with E-state index in [1.807, 2.05) is 0 Å². The number of hydrogen-bond donors (Lipinski definition) is 0. The first-order chi connectivity index (χ1) is 45.1.